The van der Waals surface area contributed by atoms with Crippen molar-refractivity contribution in [1.29, 1.82) is 0 Å². The van der Waals surface area contributed by atoms with Gasteiger partial charge in [-0.3, -0.25) is 9.69 Å². The van der Waals surface area contributed by atoms with Crippen LogP contribution in [0.1, 0.15) is 34.6 Å². The van der Waals surface area contributed by atoms with Crippen molar-refractivity contribution in [3.63, 3.8) is 0 Å². The SMILES string of the molecule is COC[C@H](C)NC(=O)c1nc2c(o1)CCN(Cc1cc(F)ccc1F)C2. The summed E-state index contributed by atoms with van der Waals surface area (Å²) in [6.07, 6.45) is 0.556. The first kappa shape index (κ1) is 18.5. The van der Waals surface area contributed by atoms with E-state index in [2.05, 4.69) is 10.3 Å². The van der Waals surface area contributed by atoms with E-state index in [4.69, 9.17) is 9.15 Å². The molecule has 1 amide bonds. The van der Waals surface area contributed by atoms with Crippen LogP contribution in [0.15, 0.2) is 22.6 Å². The summed E-state index contributed by atoms with van der Waals surface area (Å²) < 4.78 is 37.7. The lowest BCUT2D eigenvalue weighted by Gasteiger charge is -2.25. The molecule has 6 nitrogen and oxygen atoms in total. The number of ether oxygens (including phenoxy) is 1. The van der Waals surface area contributed by atoms with Gasteiger partial charge in [0.15, 0.2) is 0 Å². The number of amides is 1. The molecule has 2 heterocycles. The normalized spacial score (nSPS) is 15.5. The molecular weight excluding hydrogens is 344 g/mol. The number of methoxy groups -OCH3 is 1. The number of hydrogen-bond acceptors (Lipinski definition) is 5. The zero-order chi connectivity index (χ0) is 18.7. The van der Waals surface area contributed by atoms with Gasteiger partial charge in [0.05, 0.1) is 12.3 Å². The Labute approximate surface area is 150 Å². The van der Waals surface area contributed by atoms with Gasteiger partial charge in [0, 0.05) is 44.8 Å². The molecule has 0 bridgehead atoms. The third-order valence-electron chi connectivity index (χ3n) is 4.20. The van der Waals surface area contributed by atoms with Crippen molar-refractivity contribution in [2.75, 3.05) is 20.3 Å². The molecule has 1 aromatic carbocycles. The average Bonchev–Trinajstić information content (AvgIpc) is 3.02. The molecular formula is C18H21F2N3O3. The number of halogens is 2. The van der Waals surface area contributed by atoms with Crippen molar-refractivity contribution in [3.05, 3.63) is 52.7 Å². The lowest BCUT2D eigenvalue weighted by molar-refractivity contribution is 0.0869. The number of rotatable bonds is 6. The molecule has 0 saturated carbocycles. The maximum atomic E-state index is 13.8. The number of nitrogens with one attached hydrogen (secondary N) is 1. The van der Waals surface area contributed by atoms with Crippen molar-refractivity contribution >= 4 is 5.91 Å². The predicted molar refractivity (Wildman–Crippen MR) is 89.5 cm³/mol. The molecule has 0 radical (unpaired) electrons. The molecule has 1 aliphatic heterocycles. The van der Waals surface area contributed by atoms with Gasteiger partial charge in [0.1, 0.15) is 17.4 Å². The van der Waals surface area contributed by atoms with Gasteiger partial charge >= 0.3 is 5.91 Å². The third kappa shape index (κ3) is 4.25. The molecule has 2 aromatic rings. The van der Waals surface area contributed by atoms with E-state index in [1.807, 2.05) is 11.8 Å². The zero-order valence-corrected chi connectivity index (χ0v) is 14.7. The van der Waals surface area contributed by atoms with Crippen LogP contribution in [0.5, 0.6) is 0 Å². The first-order valence-electron chi connectivity index (χ1n) is 8.41. The fraction of sp³-hybridized carbons (Fsp3) is 0.444. The minimum atomic E-state index is -0.468. The average molecular weight is 365 g/mol. The van der Waals surface area contributed by atoms with Crippen molar-refractivity contribution in [2.24, 2.45) is 0 Å². The van der Waals surface area contributed by atoms with E-state index in [1.165, 1.54) is 6.07 Å². The van der Waals surface area contributed by atoms with E-state index in [1.54, 1.807) is 7.11 Å². The second-order valence-electron chi connectivity index (χ2n) is 6.42. The summed E-state index contributed by atoms with van der Waals surface area (Å²) in [5.74, 6) is -0.636. The summed E-state index contributed by atoms with van der Waals surface area (Å²) in [5, 5.41) is 2.75. The summed E-state index contributed by atoms with van der Waals surface area (Å²) in [5.41, 5.74) is 0.945. The largest absolute Gasteiger partial charge is 0.437 e. The van der Waals surface area contributed by atoms with Crippen LogP contribution >= 0.6 is 0 Å². The lowest BCUT2D eigenvalue weighted by Crippen LogP contribution is -2.35. The molecule has 1 aromatic heterocycles. The quantitative estimate of drug-likeness (QED) is 0.851. The molecule has 8 heteroatoms. The number of fused-ring (bicyclic) bond motifs is 1. The molecule has 0 unspecified atom stereocenters. The number of oxazole rings is 1. The van der Waals surface area contributed by atoms with Crippen molar-refractivity contribution < 1.29 is 22.7 Å². The van der Waals surface area contributed by atoms with Gasteiger partial charge in [0.25, 0.3) is 5.89 Å². The van der Waals surface area contributed by atoms with Crippen LogP contribution in [0.25, 0.3) is 0 Å². The molecule has 26 heavy (non-hydrogen) atoms. The predicted octanol–water partition coefficient (Wildman–Crippen LogP) is 2.28. The topological polar surface area (TPSA) is 67.6 Å². The summed E-state index contributed by atoms with van der Waals surface area (Å²) in [6, 6.07) is 3.26. The Bertz CT molecular complexity index is 794. The number of hydrogen-bond donors (Lipinski definition) is 1. The Morgan fingerprint density at radius 2 is 2.27 bits per heavy atom. The van der Waals surface area contributed by atoms with Crippen LogP contribution < -0.4 is 5.32 Å². The van der Waals surface area contributed by atoms with Crippen molar-refractivity contribution in [1.82, 2.24) is 15.2 Å². The molecule has 1 N–H and O–H groups in total. The summed E-state index contributed by atoms with van der Waals surface area (Å²) >= 11 is 0. The summed E-state index contributed by atoms with van der Waals surface area (Å²) in [7, 11) is 1.56. The van der Waals surface area contributed by atoms with Crippen LogP contribution in [0.3, 0.4) is 0 Å². The van der Waals surface area contributed by atoms with Gasteiger partial charge in [-0.25, -0.2) is 13.8 Å². The zero-order valence-electron chi connectivity index (χ0n) is 14.7. The van der Waals surface area contributed by atoms with Crippen LogP contribution in [0.4, 0.5) is 8.78 Å². The van der Waals surface area contributed by atoms with Gasteiger partial charge in [-0.15, -0.1) is 0 Å². The number of benzene rings is 1. The minimum Gasteiger partial charge on any atom is -0.437 e. The van der Waals surface area contributed by atoms with E-state index >= 15 is 0 Å². The highest BCUT2D eigenvalue weighted by molar-refractivity contribution is 5.89. The highest BCUT2D eigenvalue weighted by atomic mass is 19.1. The lowest BCUT2D eigenvalue weighted by atomic mass is 10.1. The van der Waals surface area contributed by atoms with Crippen LogP contribution in [-0.2, 0) is 24.2 Å². The first-order chi connectivity index (χ1) is 12.5. The second-order valence-corrected chi connectivity index (χ2v) is 6.42. The fourth-order valence-corrected chi connectivity index (χ4v) is 2.97. The number of carbonyl (C=O) groups is 1. The van der Waals surface area contributed by atoms with Gasteiger partial charge in [-0.1, -0.05) is 0 Å². The fourth-order valence-electron chi connectivity index (χ4n) is 2.97. The Morgan fingerprint density at radius 1 is 1.46 bits per heavy atom. The van der Waals surface area contributed by atoms with E-state index in [0.29, 0.717) is 43.1 Å². The first-order valence-corrected chi connectivity index (χ1v) is 8.41. The molecule has 0 saturated heterocycles. The Kier molecular flexibility index (Phi) is 5.63. The van der Waals surface area contributed by atoms with Gasteiger partial charge < -0.3 is 14.5 Å². The van der Waals surface area contributed by atoms with E-state index in [-0.39, 0.29) is 18.5 Å². The maximum Gasteiger partial charge on any atom is 0.307 e. The van der Waals surface area contributed by atoms with Crippen LogP contribution in [0, 0.1) is 11.6 Å². The van der Waals surface area contributed by atoms with Crippen molar-refractivity contribution in [2.45, 2.75) is 32.5 Å². The highest BCUT2D eigenvalue weighted by Gasteiger charge is 2.26. The third-order valence-corrected chi connectivity index (χ3v) is 4.20. The molecule has 0 fully saturated rings. The van der Waals surface area contributed by atoms with E-state index in [0.717, 1.165) is 12.1 Å². The molecule has 0 aliphatic carbocycles. The van der Waals surface area contributed by atoms with E-state index in [9.17, 15) is 13.6 Å². The Balaban J connectivity index is 1.66. The van der Waals surface area contributed by atoms with Crippen molar-refractivity contribution in [3.8, 4) is 0 Å². The smallest absolute Gasteiger partial charge is 0.307 e. The summed E-state index contributed by atoms with van der Waals surface area (Å²) in [4.78, 5) is 18.4. The molecule has 1 atom stereocenters. The van der Waals surface area contributed by atoms with Gasteiger partial charge in [-0.05, 0) is 25.1 Å². The van der Waals surface area contributed by atoms with Gasteiger partial charge in [-0.2, -0.15) is 0 Å². The number of aromatic nitrogens is 1. The molecule has 0 spiro atoms. The molecule has 140 valence electrons. The Hall–Kier alpha value is -2.32. The minimum absolute atomic E-state index is 0.0109. The molecule has 3 rings (SSSR count). The maximum absolute atomic E-state index is 13.8. The number of carbonyl (C=O) groups excluding carboxylic acids is 1. The second kappa shape index (κ2) is 7.92. The standard InChI is InChI=1S/C18H21F2N3O3/c1-11(10-25-2)21-17(24)18-22-15-9-23(6-5-16(15)26-18)8-12-7-13(19)3-4-14(12)20/h3-4,7,11H,5-6,8-10H2,1-2H3,(H,21,24)/t11-/m0/s1. The van der Waals surface area contributed by atoms with Crippen LogP contribution in [-0.4, -0.2) is 42.1 Å². The van der Waals surface area contributed by atoms with Crippen LogP contribution in [0.2, 0.25) is 0 Å². The van der Waals surface area contributed by atoms with Gasteiger partial charge in [0.2, 0.25) is 0 Å². The Morgan fingerprint density at radius 3 is 3.04 bits per heavy atom. The molecule has 1 aliphatic rings. The monoisotopic (exact) mass is 365 g/mol. The highest BCUT2D eigenvalue weighted by Crippen LogP contribution is 2.22. The van der Waals surface area contributed by atoms with E-state index < -0.39 is 17.5 Å². The number of nitrogens with zero attached hydrogens (tertiary/aromatic N) is 2. The summed E-state index contributed by atoms with van der Waals surface area (Å²) in [6.45, 7) is 3.50.